The second-order valence-corrected chi connectivity index (χ2v) is 5.57. The number of hydrogen-bond acceptors (Lipinski definition) is 1. The highest BCUT2D eigenvalue weighted by molar-refractivity contribution is 6.31. The Hall–Kier alpha value is -1.45. The normalized spacial score (nSPS) is 12.4. The first kappa shape index (κ1) is 15.9. The summed E-state index contributed by atoms with van der Waals surface area (Å²) in [5.41, 5.74) is 1.57. The number of rotatable bonds is 6. The summed E-state index contributed by atoms with van der Waals surface area (Å²) in [6, 6.07) is 11.2. The van der Waals surface area contributed by atoms with Crippen LogP contribution in [0.3, 0.4) is 0 Å². The fourth-order valence-corrected chi connectivity index (χ4v) is 2.72. The topological polar surface area (TPSA) is 12.0 Å². The van der Waals surface area contributed by atoms with Gasteiger partial charge in [0.05, 0.1) is 0 Å². The molecule has 2 aromatic carbocycles. The van der Waals surface area contributed by atoms with E-state index < -0.39 is 0 Å². The van der Waals surface area contributed by atoms with Crippen molar-refractivity contribution in [2.45, 2.75) is 12.8 Å². The highest BCUT2D eigenvalue weighted by Crippen LogP contribution is 2.23. The largest absolute Gasteiger partial charge is 0.319 e. The van der Waals surface area contributed by atoms with Gasteiger partial charge in [-0.3, -0.25) is 0 Å². The molecule has 1 unspecified atom stereocenters. The summed E-state index contributed by atoms with van der Waals surface area (Å²) in [4.78, 5) is 0. The number of halogens is 3. The maximum atomic E-state index is 13.8. The predicted molar refractivity (Wildman–Crippen MR) is 82.6 cm³/mol. The van der Waals surface area contributed by atoms with Crippen LogP contribution in [0.4, 0.5) is 8.78 Å². The van der Waals surface area contributed by atoms with Crippen LogP contribution in [0, 0.1) is 17.6 Å². The first-order valence-electron chi connectivity index (χ1n) is 6.92. The van der Waals surface area contributed by atoms with Gasteiger partial charge in [0.1, 0.15) is 11.6 Å². The number of nitrogens with one attached hydrogen (secondary N) is 1. The van der Waals surface area contributed by atoms with E-state index in [0.29, 0.717) is 23.4 Å². The summed E-state index contributed by atoms with van der Waals surface area (Å²) < 4.78 is 26.9. The molecule has 112 valence electrons. The smallest absolute Gasteiger partial charge is 0.126 e. The van der Waals surface area contributed by atoms with Gasteiger partial charge in [0.2, 0.25) is 0 Å². The molecule has 1 N–H and O–H groups in total. The van der Waals surface area contributed by atoms with Crippen molar-refractivity contribution in [2.75, 3.05) is 13.6 Å². The van der Waals surface area contributed by atoms with Crippen molar-refractivity contribution in [1.29, 1.82) is 0 Å². The Kier molecular flexibility index (Phi) is 5.71. The molecule has 0 fully saturated rings. The monoisotopic (exact) mass is 309 g/mol. The van der Waals surface area contributed by atoms with Crippen LogP contribution in [0.15, 0.2) is 42.5 Å². The van der Waals surface area contributed by atoms with Crippen molar-refractivity contribution < 1.29 is 8.78 Å². The molecule has 2 aromatic rings. The molecular formula is C17H18ClF2N. The van der Waals surface area contributed by atoms with Gasteiger partial charge < -0.3 is 5.32 Å². The van der Waals surface area contributed by atoms with Crippen molar-refractivity contribution >= 4 is 11.6 Å². The van der Waals surface area contributed by atoms with Crippen molar-refractivity contribution in [2.24, 2.45) is 5.92 Å². The molecule has 1 nitrogen and oxygen atoms in total. The fraction of sp³-hybridized carbons (Fsp3) is 0.294. The minimum atomic E-state index is -0.344. The van der Waals surface area contributed by atoms with Crippen molar-refractivity contribution in [3.05, 3.63) is 70.2 Å². The zero-order valence-electron chi connectivity index (χ0n) is 11.9. The molecule has 2 rings (SSSR count). The highest BCUT2D eigenvalue weighted by atomic mass is 35.5. The van der Waals surface area contributed by atoms with Crippen LogP contribution in [0.5, 0.6) is 0 Å². The zero-order valence-corrected chi connectivity index (χ0v) is 12.6. The van der Waals surface area contributed by atoms with E-state index in [1.807, 2.05) is 13.1 Å². The van der Waals surface area contributed by atoms with Crippen LogP contribution in [-0.2, 0) is 12.8 Å². The van der Waals surface area contributed by atoms with E-state index in [4.69, 9.17) is 11.6 Å². The van der Waals surface area contributed by atoms with E-state index >= 15 is 0 Å². The molecule has 0 aliphatic heterocycles. The summed E-state index contributed by atoms with van der Waals surface area (Å²) in [5, 5.41) is 3.54. The van der Waals surface area contributed by atoms with Crippen LogP contribution in [0.1, 0.15) is 11.1 Å². The predicted octanol–water partition coefficient (Wildman–Crippen LogP) is 4.24. The van der Waals surface area contributed by atoms with E-state index in [1.165, 1.54) is 18.2 Å². The Morgan fingerprint density at radius 1 is 1.05 bits per heavy atom. The SMILES string of the molecule is CNCC(Cc1ccccc1F)Cc1ccc(F)cc1Cl. The van der Waals surface area contributed by atoms with E-state index in [1.54, 1.807) is 18.2 Å². The van der Waals surface area contributed by atoms with Crippen molar-refractivity contribution in [3.8, 4) is 0 Å². The molecule has 0 saturated heterocycles. The standard InChI is InChI=1S/C17H18ClF2N/c1-21-11-12(9-14-4-2-3-5-17(14)20)8-13-6-7-15(19)10-16(13)18/h2-7,10,12,21H,8-9,11H2,1H3. The molecule has 0 aromatic heterocycles. The Bertz CT molecular complexity index is 601. The molecular weight excluding hydrogens is 292 g/mol. The molecule has 0 radical (unpaired) electrons. The second-order valence-electron chi connectivity index (χ2n) is 5.16. The summed E-state index contributed by atoms with van der Waals surface area (Å²) in [6.45, 7) is 0.738. The average Bonchev–Trinajstić information content (AvgIpc) is 2.44. The summed E-state index contributed by atoms with van der Waals surface area (Å²) >= 11 is 6.07. The van der Waals surface area contributed by atoms with Gasteiger partial charge in [-0.15, -0.1) is 0 Å². The highest BCUT2D eigenvalue weighted by Gasteiger charge is 2.14. The lowest BCUT2D eigenvalue weighted by Crippen LogP contribution is -2.23. The van der Waals surface area contributed by atoms with Gasteiger partial charge in [-0.1, -0.05) is 35.9 Å². The molecule has 0 aliphatic rings. The van der Waals surface area contributed by atoms with E-state index in [9.17, 15) is 8.78 Å². The Balaban J connectivity index is 2.14. The van der Waals surface area contributed by atoms with Gasteiger partial charge in [0.15, 0.2) is 0 Å². The quantitative estimate of drug-likeness (QED) is 0.841. The lowest BCUT2D eigenvalue weighted by molar-refractivity contribution is 0.479. The van der Waals surface area contributed by atoms with Crippen LogP contribution >= 0.6 is 11.6 Å². The van der Waals surface area contributed by atoms with Gasteiger partial charge in [-0.25, -0.2) is 8.78 Å². The minimum absolute atomic E-state index is 0.190. The van der Waals surface area contributed by atoms with Crippen LogP contribution in [0.2, 0.25) is 5.02 Å². The first-order valence-corrected chi connectivity index (χ1v) is 7.30. The Morgan fingerprint density at radius 2 is 1.76 bits per heavy atom. The van der Waals surface area contributed by atoms with E-state index in [0.717, 1.165) is 12.1 Å². The van der Waals surface area contributed by atoms with Crippen molar-refractivity contribution in [3.63, 3.8) is 0 Å². The average molecular weight is 310 g/mol. The molecule has 0 bridgehead atoms. The molecule has 21 heavy (non-hydrogen) atoms. The maximum Gasteiger partial charge on any atom is 0.126 e. The second kappa shape index (κ2) is 7.53. The van der Waals surface area contributed by atoms with E-state index in [2.05, 4.69) is 5.32 Å². The molecule has 0 amide bonds. The number of hydrogen-bond donors (Lipinski definition) is 1. The van der Waals surface area contributed by atoms with Gasteiger partial charge in [-0.05, 0) is 61.7 Å². The Labute approximate surface area is 128 Å². The maximum absolute atomic E-state index is 13.8. The molecule has 0 aliphatic carbocycles. The van der Waals surface area contributed by atoms with Crippen LogP contribution < -0.4 is 5.32 Å². The molecule has 4 heteroatoms. The minimum Gasteiger partial charge on any atom is -0.319 e. The first-order chi connectivity index (χ1) is 10.1. The molecule has 0 saturated carbocycles. The molecule has 1 atom stereocenters. The van der Waals surface area contributed by atoms with Crippen LogP contribution in [0.25, 0.3) is 0 Å². The van der Waals surface area contributed by atoms with Gasteiger partial charge in [0, 0.05) is 5.02 Å². The summed E-state index contributed by atoms with van der Waals surface area (Å²) in [6.07, 6.45) is 1.29. The Morgan fingerprint density at radius 3 is 2.43 bits per heavy atom. The number of benzene rings is 2. The van der Waals surface area contributed by atoms with Crippen molar-refractivity contribution in [1.82, 2.24) is 5.32 Å². The third kappa shape index (κ3) is 4.51. The molecule has 0 heterocycles. The van der Waals surface area contributed by atoms with E-state index in [-0.39, 0.29) is 17.6 Å². The third-order valence-corrected chi connectivity index (χ3v) is 3.83. The fourth-order valence-electron chi connectivity index (χ4n) is 2.48. The summed E-state index contributed by atoms with van der Waals surface area (Å²) in [5.74, 6) is -0.346. The third-order valence-electron chi connectivity index (χ3n) is 3.48. The summed E-state index contributed by atoms with van der Waals surface area (Å²) in [7, 11) is 1.86. The van der Waals surface area contributed by atoms with Gasteiger partial charge in [-0.2, -0.15) is 0 Å². The molecule has 0 spiro atoms. The van der Waals surface area contributed by atoms with Gasteiger partial charge >= 0.3 is 0 Å². The van der Waals surface area contributed by atoms with Gasteiger partial charge in [0.25, 0.3) is 0 Å². The lowest BCUT2D eigenvalue weighted by atomic mass is 9.92. The lowest BCUT2D eigenvalue weighted by Gasteiger charge is -2.18. The zero-order chi connectivity index (χ0) is 15.2. The van der Waals surface area contributed by atoms with Crippen LogP contribution in [-0.4, -0.2) is 13.6 Å².